The molecule has 0 aliphatic rings. The van der Waals surface area contributed by atoms with Gasteiger partial charge in [-0.2, -0.15) is 0 Å². The van der Waals surface area contributed by atoms with E-state index in [1.54, 1.807) is 0 Å². The average Bonchev–Trinajstić information content (AvgIpc) is 1.12. The van der Waals surface area contributed by atoms with E-state index in [0.29, 0.717) is 0 Å². The summed E-state index contributed by atoms with van der Waals surface area (Å²) >= 11 is -10.6. The molecule has 0 aromatic rings. The molecule has 0 amide bonds. The molecule has 0 rings (SSSR count). The normalized spacial score (nSPS) is 11.5. The molecular formula is H3CrMnO8. The van der Waals surface area contributed by atoms with Gasteiger partial charge in [0, 0.05) is 0 Å². The molecule has 0 fully saturated rings. The van der Waals surface area contributed by atoms with Gasteiger partial charge in [-0.15, -0.1) is 0 Å². The van der Waals surface area contributed by atoms with Crippen molar-refractivity contribution in [1.82, 2.24) is 0 Å². The molecule has 0 spiro atoms. The van der Waals surface area contributed by atoms with Crippen LogP contribution >= 0.6 is 0 Å². The molecule has 0 unspecified atom stereocenters. The van der Waals surface area contributed by atoms with Gasteiger partial charge in [-0.1, -0.05) is 0 Å². The van der Waals surface area contributed by atoms with Crippen molar-refractivity contribution in [1.29, 1.82) is 0 Å². The fourth-order valence-electron chi connectivity index (χ4n) is 0. The zero-order valence-electron chi connectivity index (χ0n) is 4.17. The van der Waals surface area contributed by atoms with Gasteiger partial charge < -0.3 is 0 Å². The van der Waals surface area contributed by atoms with E-state index in [1.807, 2.05) is 0 Å². The molecule has 0 heterocycles. The van der Waals surface area contributed by atoms with Crippen molar-refractivity contribution < 1.29 is 58.2 Å². The van der Waals surface area contributed by atoms with Gasteiger partial charge in [0.15, 0.2) is 0 Å². The van der Waals surface area contributed by atoms with Crippen LogP contribution < -0.4 is 0 Å². The Balaban J connectivity index is 0. The van der Waals surface area contributed by atoms with E-state index in [1.165, 1.54) is 0 Å². The van der Waals surface area contributed by atoms with Crippen LogP contribution in [0.25, 0.3) is 0 Å². The monoisotopic (exact) mass is 238 g/mol. The summed E-state index contributed by atoms with van der Waals surface area (Å²) in [6.45, 7) is 0. The van der Waals surface area contributed by atoms with Crippen molar-refractivity contribution in [3.63, 3.8) is 0 Å². The third-order valence-corrected chi connectivity index (χ3v) is 0. The molecule has 0 aromatic heterocycles. The SMILES string of the molecule is [O]=[Cr](=[O])([OH])[OH].[O]=[Mn](=[O])(=[O])[OH]. The van der Waals surface area contributed by atoms with Gasteiger partial charge in [0.25, 0.3) is 0 Å². The van der Waals surface area contributed by atoms with Crippen molar-refractivity contribution in [2.24, 2.45) is 0 Å². The third kappa shape index (κ3) is 82300. The van der Waals surface area contributed by atoms with Crippen LogP contribution in [-0.2, 0) is 45.7 Å². The second-order valence-electron chi connectivity index (χ2n) is 0.844. The van der Waals surface area contributed by atoms with Gasteiger partial charge >= 0.3 is 58.2 Å². The summed E-state index contributed by atoms with van der Waals surface area (Å²) in [6.07, 6.45) is 0. The Hall–Kier alpha value is -0.0681. The maximum absolute atomic E-state index is 8.82. The Morgan fingerprint density at radius 3 is 1.00 bits per heavy atom. The van der Waals surface area contributed by atoms with Crippen LogP contribution in [0.3, 0.4) is 0 Å². The summed E-state index contributed by atoms with van der Waals surface area (Å²) in [5.41, 5.74) is 0. The number of hydrogen-bond donors (Lipinski definition) is 3. The summed E-state index contributed by atoms with van der Waals surface area (Å²) in [5, 5.41) is 0. The molecule has 0 radical (unpaired) electrons. The molecule has 0 bridgehead atoms. The van der Waals surface area contributed by atoms with E-state index in [0.717, 1.165) is 0 Å². The van der Waals surface area contributed by atoms with E-state index in [2.05, 4.69) is 0 Å². The first kappa shape index (κ1) is 12.6. The Bertz CT molecular complexity index is 284. The zero-order valence-corrected chi connectivity index (χ0v) is 6.62. The first-order valence-electron chi connectivity index (χ1n) is 1.33. The van der Waals surface area contributed by atoms with E-state index in [9.17, 15) is 0 Å². The van der Waals surface area contributed by atoms with Gasteiger partial charge in [0.05, 0.1) is 0 Å². The molecule has 8 nitrogen and oxygen atoms in total. The van der Waals surface area contributed by atoms with E-state index in [4.69, 9.17) is 31.6 Å². The molecule has 0 aromatic carbocycles. The molecule has 10 heteroatoms. The second kappa shape index (κ2) is 3.95. The van der Waals surface area contributed by atoms with Crippen molar-refractivity contribution in [3.8, 4) is 0 Å². The maximum atomic E-state index is 8.82. The Morgan fingerprint density at radius 1 is 1.00 bits per heavy atom. The molecule has 0 atom stereocenters. The Morgan fingerprint density at radius 2 is 1.00 bits per heavy atom. The van der Waals surface area contributed by atoms with Crippen LogP contribution in [0.4, 0.5) is 0 Å². The van der Waals surface area contributed by atoms with Crippen LogP contribution in [0.2, 0.25) is 0 Å². The standard InChI is InChI=1S/Cr.Mn.3H2O.5O/h;;3*1H2;;;;;/q+2;+1;;;;;;;;/p-3. The van der Waals surface area contributed by atoms with Crippen molar-refractivity contribution in [3.05, 3.63) is 0 Å². The molecule has 3 N–H and O–H groups in total. The van der Waals surface area contributed by atoms with Gasteiger partial charge in [-0.25, -0.2) is 0 Å². The second-order valence-corrected chi connectivity index (χ2v) is 3.48. The first-order valence-corrected chi connectivity index (χ1v) is 5.49. The van der Waals surface area contributed by atoms with Crippen LogP contribution in [-0.4, -0.2) is 12.5 Å². The number of rotatable bonds is 0. The minimum absolute atomic E-state index is 5.25. The summed E-state index contributed by atoms with van der Waals surface area (Å²) in [6, 6.07) is 0. The van der Waals surface area contributed by atoms with Crippen LogP contribution in [0.1, 0.15) is 0 Å². The van der Waals surface area contributed by atoms with E-state index < -0.39 is 26.6 Å². The average molecular weight is 238 g/mol. The Kier molecular flexibility index (Phi) is 4.97. The van der Waals surface area contributed by atoms with Gasteiger partial charge in [-0.05, 0) is 0 Å². The molecule has 64 valence electrons. The fourth-order valence-corrected chi connectivity index (χ4v) is 0. The topological polar surface area (TPSA) is 146 Å². The zero-order chi connectivity index (χ0) is 9.00. The summed E-state index contributed by atoms with van der Waals surface area (Å²) in [5.74, 6) is 0. The molecule has 0 aliphatic carbocycles. The van der Waals surface area contributed by atoms with E-state index >= 15 is 0 Å². The summed E-state index contributed by atoms with van der Waals surface area (Å²) in [4.78, 5) is 0. The van der Waals surface area contributed by atoms with Gasteiger partial charge in [0.1, 0.15) is 0 Å². The van der Waals surface area contributed by atoms with Crippen LogP contribution in [0, 0.1) is 0 Å². The summed E-state index contributed by atoms with van der Waals surface area (Å²) in [7, 11) is 0. The minimum atomic E-state index is -5.38. The molecule has 0 saturated heterocycles. The van der Waals surface area contributed by atoms with E-state index in [-0.39, 0.29) is 0 Å². The number of hydrogen-bond acceptors (Lipinski definition) is 5. The summed E-state index contributed by atoms with van der Waals surface area (Å²) < 4.78 is 64.9. The fraction of sp³-hybridized carbons (Fsp3) is 0. The van der Waals surface area contributed by atoms with Crippen LogP contribution in [0.15, 0.2) is 0 Å². The first-order chi connectivity index (χ1) is 4.00. The van der Waals surface area contributed by atoms with Crippen molar-refractivity contribution in [2.75, 3.05) is 0 Å². The molecular weight excluding hydrogens is 235 g/mol. The van der Waals surface area contributed by atoms with Gasteiger partial charge in [0.2, 0.25) is 0 Å². The quantitative estimate of drug-likeness (QED) is 0.400. The predicted octanol–water partition coefficient (Wildman–Crippen LogP) is -2.27. The molecule has 10 heavy (non-hydrogen) atoms. The molecule has 0 saturated carbocycles. The van der Waals surface area contributed by atoms with Crippen LogP contribution in [0.5, 0.6) is 0 Å². The van der Waals surface area contributed by atoms with Crippen molar-refractivity contribution in [2.45, 2.75) is 0 Å². The Labute approximate surface area is 58.6 Å². The van der Waals surface area contributed by atoms with Gasteiger partial charge in [-0.3, -0.25) is 0 Å². The molecule has 0 aliphatic heterocycles. The third-order valence-electron chi connectivity index (χ3n) is 0. The van der Waals surface area contributed by atoms with Crippen molar-refractivity contribution >= 4 is 0 Å². The predicted molar refractivity (Wildman–Crippen MR) is 10.1 cm³/mol.